The van der Waals surface area contributed by atoms with Gasteiger partial charge in [0.05, 0.1) is 11.6 Å². The fraction of sp³-hybridized carbons (Fsp3) is 0.375. The lowest BCUT2D eigenvalue weighted by Gasteiger charge is -2.11. The van der Waals surface area contributed by atoms with E-state index >= 15 is 0 Å². The maximum absolute atomic E-state index is 12.9. The van der Waals surface area contributed by atoms with Crippen LogP contribution in [0.25, 0.3) is 0 Å². The highest BCUT2D eigenvalue weighted by Crippen LogP contribution is 2.33. The average molecular weight is 264 g/mol. The van der Waals surface area contributed by atoms with E-state index in [1.165, 1.54) is 0 Å². The molecule has 0 radical (unpaired) electrons. The van der Waals surface area contributed by atoms with E-state index in [1.54, 1.807) is 0 Å². The molecular formula is C8H4ClF6N. The lowest BCUT2D eigenvalue weighted by Crippen LogP contribution is -2.14. The average Bonchev–Trinajstić information content (AvgIpc) is 2.15. The van der Waals surface area contributed by atoms with Crippen molar-refractivity contribution in [3.63, 3.8) is 0 Å². The van der Waals surface area contributed by atoms with E-state index in [4.69, 9.17) is 11.6 Å². The van der Waals surface area contributed by atoms with Gasteiger partial charge in [0, 0.05) is 5.56 Å². The number of pyridine rings is 1. The Hall–Kier alpha value is -0.980. The summed E-state index contributed by atoms with van der Waals surface area (Å²) in [6, 6.07) is 0.109. The van der Waals surface area contributed by atoms with E-state index in [1.807, 2.05) is 0 Å². The van der Waals surface area contributed by atoms with Gasteiger partial charge < -0.3 is 0 Å². The summed E-state index contributed by atoms with van der Waals surface area (Å²) in [5.74, 6) is -2.49. The molecule has 1 nitrogen and oxygen atoms in total. The number of alkyl halides is 6. The third kappa shape index (κ3) is 2.58. The Morgan fingerprint density at radius 2 is 1.88 bits per heavy atom. The van der Waals surface area contributed by atoms with Gasteiger partial charge in [0.25, 0.3) is 6.43 Å². The van der Waals surface area contributed by atoms with Crippen LogP contribution >= 0.6 is 11.6 Å². The monoisotopic (exact) mass is 263 g/mol. The molecule has 0 aliphatic rings. The summed E-state index contributed by atoms with van der Waals surface area (Å²) in [5, 5.41) is 0. The molecule has 1 aromatic heterocycles. The fourth-order valence-corrected chi connectivity index (χ4v) is 1.25. The molecule has 0 amide bonds. The first-order valence-electron chi connectivity index (χ1n) is 3.88. The van der Waals surface area contributed by atoms with Gasteiger partial charge in [0.15, 0.2) is 11.5 Å². The first kappa shape index (κ1) is 13.1. The summed E-state index contributed by atoms with van der Waals surface area (Å²) >= 11 is 5.16. The van der Waals surface area contributed by atoms with Gasteiger partial charge in [-0.3, -0.25) is 0 Å². The predicted octanol–water partition coefficient (Wildman–Crippen LogP) is 3.92. The van der Waals surface area contributed by atoms with Crippen molar-refractivity contribution in [1.29, 1.82) is 0 Å². The third-order valence-electron chi connectivity index (χ3n) is 1.72. The van der Waals surface area contributed by atoms with Crippen molar-refractivity contribution < 1.29 is 26.3 Å². The molecule has 0 saturated carbocycles. The molecule has 0 bridgehead atoms. The predicted molar refractivity (Wildman–Crippen MR) is 43.7 cm³/mol. The molecule has 1 rings (SSSR count). The minimum Gasteiger partial charge on any atom is -0.244 e. The molecule has 90 valence electrons. The van der Waals surface area contributed by atoms with E-state index in [0.29, 0.717) is 0 Å². The van der Waals surface area contributed by atoms with E-state index in [0.717, 1.165) is 0 Å². The zero-order chi connectivity index (χ0) is 12.5. The van der Waals surface area contributed by atoms with Crippen LogP contribution in [0, 0.1) is 5.82 Å². The number of hydrogen-bond acceptors (Lipinski definition) is 1. The fourth-order valence-electron chi connectivity index (χ4n) is 1.04. The molecule has 0 N–H and O–H groups in total. The van der Waals surface area contributed by atoms with Crippen molar-refractivity contribution in [3.05, 3.63) is 28.8 Å². The van der Waals surface area contributed by atoms with Crippen LogP contribution in [-0.4, -0.2) is 4.98 Å². The van der Waals surface area contributed by atoms with Crippen LogP contribution in [0.2, 0.25) is 0 Å². The Balaban J connectivity index is 3.37. The highest BCUT2D eigenvalue weighted by molar-refractivity contribution is 6.17. The van der Waals surface area contributed by atoms with E-state index in [-0.39, 0.29) is 6.07 Å². The van der Waals surface area contributed by atoms with Gasteiger partial charge >= 0.3 is 6.18 Å². The number of halogens is 7. The molecule has 0 aliphatic heterocycles. The first-order chi connectivity index (χ1) is 7.27. The highest BCUT2D eigenvalue weighted by Gasteiger charge is 2.37. The lowest BCUT2D eigenvalue weighted by atomic mass is 10.2. The Labute approximate surface area is 91.0 Å². The molecular weight excluding hydrogens is 260 g/mol. The Morgan fingerprint density at radius 1 is 1.31 bits per heavy atom. The van der Waals surface area contributed by atoms with Crippen LogP contribution in [0.5, 0.6) is 0 Å². The van der Waals surface area contributed by atoms with E-state index < -0.39 is 41.3 Å². The molecule has 0 fully saturated rings. The van der Waals surface area contributed by atoms with Gasteiger partial charge in [-0.1, -0.05) is 0 Å². The Kier molecular flexibility index (Phi) is 3.67. The maximum Gasteiger partial charge on any atom is 0.436 e. The topological polar surface area (TPSA) is 12.9 Å². The van der Waals surface area contributed by atoms with Crippen molar-refractivity contribution >= 4 is 11.6 Å². The van der Waals surface area contributed by atoms with Crippen LogP contribution in [0.15, 0.2) is 6.07 Å². The molecule has 1 heterocycles. The Morgan fingerprint density at radius 3 is 2.25 bits per heavy atom. The maximum atomic E-state index is 12.9. The zero-order valence-electron chi connectivity index (χ0n) is 7.45. The number of hydrogen-bond donors (Lipinski definition) is 0. The van der Waals surface area contributed by atoms with Gasteiger partial charge in [-0.25, -0.2) is 18.2 Å². The van der Waals surface area contributed by atoms with Gasteiger partial charge in [-0.05, 0) is 6.07 Å². The second kappa shape index (κ2) is 4.48. The molecule has 0 saturated heterocycles. The summed E-state index contributed by atoms with van der Waals surface area (Å²) in [6.07, 6.45) is -8.16. The SMILES string of the molecule is Fc1cc(C(F)F)c(CCl)nc1C(F)(F)F. The third-order valence-corrected chi connectivity index (χ3v) is 1.97. The molecule has 0 aromatic carbocycles. The van der Waals surface area contributed by atoms with E-state index in [9.17, 15) is 26.3 Å². The minimum atomic E-state index is -5.04. The standard InChI is InChI=1S/C8H4ClF6N/c9-2-5-3(7(11)12)1-4(10)6(16-5)8(13,14)15/h1,7H,2H2. The summed E-state index contributed by atoms with van der Waals surface area (Å²) in [5.41, 5.74) is -3.45. The first-order valence-corrected chi connectivity index (χ1v) is 4.41. The van der Waals surface area contributed by atoms with Crippen molar-refractivity contribution in [2.45, 2.75) is 18.5 Å². The molecule has 16 heavy (non-hydrogen) atoms. The molecule has 0 unspecified atom stereocenters. The Bertz CT molecular complexity index is 389. The summed E-state index contributed by atoms with van der Waals surface area (Å²) in [4.78, 5) is 2.77. The van der Waals surface area contributed by atoms with Crippen LogP contribution < -0.4 is 0 Å². The van der Waals surface area contributed by atoms with Crippen molar-refractivity contribution in [3.8, 4) is 0 Å². The van der Waals surface area contributed by atoms with Crippen LogP contribution in [0.4, 0.5) is 26.3 Å². The lowest BCUT2D eigenvalue weighted by molar-refractivity contribution is -0.143. The number of nitrogens with zero attached hydrogens (tertiary/aromatic N) is 1. The summed E-state index contributed by atoms with van der Waals surface area (Å²) in [7, 11) is 0. The zero-order valence-corrected chi connectivity index (χ0v) is 8.21. The second-order valence-electron chi connectivity index (χ2n) is 2.79. The second-order valence-corrected chi connectivity index (χ2v) is 3.05. The molecule has 0 spiro atoms. The van der Waals surface area contributed by atoms with Crippen molar-refractivity contribution in [2.75, 3.05) is 0 Å². The highest BCUT2D eigenvalue weighted by atomic mass is 35.5. The molecule has 0 aliphatic carbocycles. The van der Waals surface area contributed by atoms with Crippen molar-refractivity contribution in [1.82, 2.24) is 4.98 Å². The van der Waals surface area contributed by atoms with Gasteiger partial charge in [-0.15, -0.1) is 11.6 Å². The summed E-state index contributed by atoms with van der Waals surface area (Å²) in [6.45, 7) is 0. The van der Waals surface area contributed by atoms with Crippen LogP contribution in [0.3, 0.4) is 0 Å². The quantitative estimate of drug-likeness (QED) is 0.582. The number of rotatable bonds is 2. The summed E-state index contributed by atoms with van der Waals surface area (Å²) < 4.78 is 73.9. The van der Waals surface area contributed by atoms with Gasteiger partial charge in [-0.2, -0.15) is 13.2 Å². The number of aromatic nitrogens is 1. The molecule has 0 atom stereocenters. The van der Waals surface area contributed by atoms with Crippen LogP contribution in [-0.2, 0) is 12.1 Å². The van der Waals surface area contributed by atoms with E-state index in [2.05, 4.69) is 4.98 Å². The molecule has 8 heteroatoms. The van der Waals surface area contributed by atoms with Gasteiger partial charge in [0.1, 0.15) is 0 Å². The van der Waals surface area contributed by atoms with Crippen LogP contribution in [0.1, 0.15) is 23.4 Å². The van der Waals surface area contributed by atoms with Gasteiger partial charge in [0.2, 0.25) is 0 Å². The largest absolute Gasteiger partial charge is 0.436 e. The minimum absolute atomic E-state index is 0.109. The smallest absolute Gasteiger partial charge is 0.244 e. The molecule has 1 aromatic rings. The normalized spacial score (nSPS) is 12.2. The van der Waals surface area contributed by atoms with Crippen molar-refractivity contribution in [2.24, 2.45) is 0 Å².